The first-order valence-corrected chi connectivity index (χ1v) is 7.24. The summed E-state index contributed by atoms with van der Waals surface area (Å²) in [6, 6.07) is 8.01. The van der Waals surface area contributed by atoms with Crippen molar-refractivity contribution in [2.75, 3.05) is 26.7 Å². The summed E-state index contributed by atoms with van der Waals surface area (Å²) < 4.78 is 0. The second-order valence-electron chi connectivity index (χ2n) is 5.51. The van der Waals surface area contributed by atoms with Gasteiger partial charge in [0.1, 0.15) is 0 Å². The molecular weight excluding hydrogens is 236 g/mol. The van der Waals surface area contributed by atoms with Crippen LogP contribution in [0, 0.1) is 5.92 Å². The molecule has 1 heterocycles. The van der Waals surface area contributed by atoms with Crippen LogP contribution in [0.25, 0.3) is 0 Å². The van der Waals surface area contributed by atoms with E-state index in [4.69, 9.17) is 0 Å². The molecule has 1 aromatic carbocycles. The fourth-order valence-corrected chi connectivity index (χ4v) is 2.75. The van der Waals surface area contributed by atoms with Gasteiger partial charge in [0.05, 0.1) is 0 Å². The van der Waals surface area contributed by atoms with Gasteiger partial charge in [-0.15, -0.1) is 0 Å². The minimum absolute atomic E-state index is 0.207. The molecule has 1 fully saturated rings. The van der Waals surface area contributed by atoms with Gasteiger partial charge in [-0.1, -0.05) is 25.1 Å². The van der Waals surface area contributed by atoms with E-state index in [2.05, 4.69) is 18.3 Å². The minimum atomic E-state index is 0.207. The molecule has 3 nitrogen and oxygen atoms in total. The average Bonchev–Trinajstić information content (AvgIpc) is 2.44. The van der Waals surface area contributed by atoms with Gasteiger partial charge in [0.15, 0.2) is 0 Å². The van der Waals surface area contributed by atoms with Crippen LogP contribution in [0.1, 0.15) is 35.7 Å². The summed E-state index contributed by atoms with van der Waals surface area (Å²) in [5, 5.41) is 3.14. The zero-order chi connectivity index (χ0) is 13.7. The molecule has 1 aromatic rings. The molecule has 1 unspecified atom stereocenters. The van der Waals surface area contributed by atoms with Crippen molar-refractivity contribution in [1.29, 1.82) is 0 Å². The number of hydrogen-bond acceptors (Lipinski definition) is 2. The molecule has 0 aliphatic carbocycles. The summed E-state index contributed by atoms with van der Waals surface area (Å²) in [7, 11) is 1.94. The number of likely N-dealkylation sites (tertiary alicyclic amines) is 1. The maximum atomic E-state index is 12.6. The van der Waals surface area contributed by atoms with Crippen LogP contribution in [0.15, 0.2) is 24.3 Å². The van der Waals surface area contributed by atoms with Crippen molar-refractivity contribution in [3.8, 4) is 0 Å². The topological polar surface area (TPSA) is 32.3 Å². The molecule has 0 aromatic heterocycles. The molecule has 1 amide bonds. The Bertz CT molecular complexity index is 431. The predicted octanol–water partition coefficient (Wildman–Crippen LogP) is 2.32. The molecule has 0 bridgehead atoms. The van der Waals surface area contributed by atoms with Crippen LogP contribution in [0.4, 0.5) is 0 Å². The van der Waals surface area contributed by atoms with Crippen LogP contribution in [0.5, 0.6) is 0 Å². The Morgan fingerprint density at radius 2 is 2.21 bits per heavy atom. The normalized spacial score (nSPS) is 19.5. The van der Waals surface area contributed by atoms with E-state index < -0.39 is 0 Å². The van der Waals surface area contributed by atoms with E-state index in [0.717, 1.165) is 43.6 Å². The Morgan fingerprint density at radius 1 is 1.42 bits per heavy atom. The van der Waals surface area contributed by atoms with Gasteiger partial charge >= 0.3 is 0 Å². The van der Waals surface area contributed by atoms with Crippen molar-refractivity contribution in [2.45, 2.75) is 26.2 Å². The first kappa shape index (κ1) is 14.1. The number of amides is 1. The van der Waals surface area contributed by atoms with E-state index in [1.807, 2.05) is 30.1 Å². The number of rotatable bonds is 4. The number of likely N-dealkylation sites (N-methyl/N-ethyl adjacent to an activating group) is 1. The largest absolute Gasteiger partial charge is 0.338 e. The number of nitrogens with one attached hydrogen (secondary N) is 1. The Kier molecular flexibility index (Phi) is 4.97. The van der Waals surface area contributed by atoms with Gasteiger partial charge in [0.2, 0.25) is 0 Å². The molecule has 19 heavy (non-hydrogen) atoms. The summed E-state index contributed by atoms with van der Waals surface area (Å²) >= 11 is 0. The number of hydrogen-bond donors (Lipinski definition) is 1. The highest BCUT2D eigenvalue weighted by Crippen LogP contribution is 2.19. The van der Waals surface area contributed by atoms with Crippen molar-refractivity contribution in [2.24, 2.45) is 5.92 Å². The molecule has 0 saturated carbocycles. The Morgan fingerprint density at radius 3 is 2.95 bits per heavy atom. The zero-order valence-electron chi connectivity index (χ0n) is 12.0. The van der Waals surface area contributed by atoms with Gasteiger partial charge in [0, 0.05) is 18.7 Å². The lowest BCUT2D eigenvalue weighted by Gasteiger charge is -2.31. The zero-order valence-corrected chi connectivity index (χ0v) is 12.0. The highest BCUT2D eigenvalue weighted by molar-refractivity contribution is 5.95. The molecule has 1 aliphatic rings. The van der Waals surface area contributed by atoms with Crippen molar-refractivity contribution < 1.29 is 4.79 Å². The van der Waals surface area contributed by atoms with Gasteiger partial charge in [-0.05, 0) is 50.4 Å². The fraction of sp³-hybridized carbons (Fsp3) is 0.562. The lowest BCUT2D eigenvalue weighted by atomic mass is 9.98. The molecule has 1 saturated heterocycles. The number of piperidine rings is 1. The lowest BCUT2D eigenvalue weighted by molar-refractivity contribution is 0.0682. The standard InChI is InChI=1S/C16H24N2O/c1-13-6-5-11-18(12-13)16(19)15-8-4-3-7-14(15)9-10-17-2/h3-4,7-8,13,17H,5-6,9-12H2,1-2H3. The molecule has 104 valence electrons. The molecule has 0 spiro atoms. The molecule has 2 rings (SSSR count). The molecule has 0 radical (unpaired) electrons. The summed E-state index contributed by atoms with van der Waals surface area (Å²) in [5.41, 5.74) is 2.03. The van der Waals surface area contributed by atoms with Crippen molar-refractivity contribution >= 4 is 5.91 Å². The second-order valence-corrected chi connectivity index (χ2v) is 5.51. The van der Waals surface area contributed by atoms with Gasteiger partial charge in [-0.3, -0.25) is 4.79 Å². The van der Waals surface area contributed by atoms with Crippen LogP contribution in [-0.4, -0.2) is 37.5 Å². The van der Waals surface area contributed by atoms with Crippen molar-refractivity contribution in [3.05, 3.63) is 35.4 Å². The van der Waals surface area contributed by atoms with Gasteiger partial charge in [-0.25, -0.2) is 0 Å². The maximum Gasteiger partial charge on any atom is 0.254 e. The minimum Gasteiger partial charge on any atom is -0.338 e. The summed E-state index contributed by atoms with van der Waals surface area (Å²) in [6.45, 7) is 4.94. The van der Waals surface area contributed by atoms with Gasteiger partial charge < -0.3 is 10.2 Å². The number of carbonyl (C=O) groups is 1. The fourth-order valence-electron chi connectivity index (χ4n) is 2.75. The SMILES string of the molecule is CNCCc1ccccc1C(=O)N1CCCC(C)C1. The molecule has 1 N–H and O–H groups in total. The number of benzene rings is 1. The lowest BCUT2D eigenvalue weighted by Crippen LogP contribution is -2.39. The first-order chi connectivity index (χ1) is 9.22. The number of carbonyl (C=O) groups excluding carboxylic acids is 1. The summed E-state index contributed by atoms with van der Waals surface area (Å²) in [5.74, 6) is 0.834. The summed E-state index contributed by atoms with van der Waals surface area (Å²) in [4.78, 5) is 14.7. The van der Waals surface area contributed by atoms with Crippen LogP contribution in [0.2, 0.25) is 0 Å². The molecule has 1 aliphatic heterocycles. The van der Waals surface area contributed by atoms with Crippen molar-refractivity contribution in [1.82, 2.24) is 10.2 Å². The van der Waals surface area contributed by atoms with Crippen LogP contribution >= 0.6 is 0 Å². The Balaban J connectivity index is 2.13. The predicted molar refractivity (Wildman–Crippen MR) is 78.4 cm³/mol. The molecular formula is C16H24N2O. The summed E-state index contributed by atoms with van der Waals surface area (Å²) in [6.07, 6.45) is 3.28. The third kappa shape index (κ3) is 3.57. The van der Waals surface area contributed by atoms with Crippen LogP contribution in [-0.2, 0) is 6.42 Å². The maximum absolute atomic E-state index is 12.6. The average molecular weight is 260 g/mol. The van der Waals surface area contributed by atoms with E-state index in [1.165, 1.54) is 6.42 Å². The second kappa shape index (κ2) is 6.71. The van der Waals surface area contributed by atoms with E-state index >= 15 is 0 Å². The monoisotopic (exact) mass is 260 g/mol. The molecule has 3 heteroatoms. The smallest absolute Gasteiger partial charge is 0.254 e. The highest BCUT2D eigenvalue weighted by atomic mass is 16.2. The van der Waals surface area contributed by atoms with E-state index in [-0.39, 0.29) is 5.91 Å². The van der Waals surface area contributed by atoms with Gasteiger partial charge in [-0.2, -0.15) is 0 Å². The van der Waals surface area contributed by atoms with Crippen LogP contribution < -0.4 is 5.32 Å². The third-order valence-electron chi connectivity index (χ3n) is 3.84. The highest BCUT2D eigenvalue weighted by Gasteiger charge is 2.23. The van der Waals surface area contributed by atoms with E-state index in [9.17, 15) is 4.79 Å². The Hall–Kier alpha value is -1.35. The van der Waals surface area contributed by atoms with Gasteiger partial charge in [0.25, 0.3) is 5.91 Å². The van der Waals surface area contributed by atoms with E-state index in [1.54, 1.807) is 0 Å². The third-order valence-corrected chi connectivity index (χ3v) is 3.84. The first-order valence-electron chi connectivity index (χ1n) is 7.24. The Labute approximate surface area is 116 Å². The van der Waals surface area contributed by atoms with Crippen LogP contribution in [0.3, 0.4) is 0 Å². The number of nitrogens with zero attached hydrogens (tertiary/aromatic N) is 1. The van der Waals surface area contributed by atoms with E-state index in [0.29, 0.717) is 5.92 Å². The van der Waals surface area contributed by atoms with Crippen molar-refractivity contribution in [3.63, 3.8) is 0 Å². The molecule has 1 atom stereocenters. The quantitative estimate of drug-likeness (QED) is 0.901.